The van der Waals surface area contributed by atoms with Crippen molar-refractivity contribution < 1.29 is 19.2 Å². The highest BCUT2D eigenvalue weighted by atomic mass is 16.2. The molecule has 2 aliphatic heterocycles. The Hall–Kier alpha value is -2.58. The van der Waals surface area contributed by atoms with Gasteiger partial charge in [0.05, 0.1) is 11.1 Å². The van der Waals surface area contributed by atoms with Crippen LogP contribution in [0.3, 0.4) is 0 Å². The Morgan fingerprint density at radius 2 is 1.86 bits per heavy atom. The number of benzene rings is 1. The van der Waals surface area contributed by atoms with Crippen molar-refractivity contribution in [1.29, 1.82) is 0 Å². The van der Waals surface area contributed by atoms with E-state index in [0.717, 1.165) is 29.7 Å². The van der Waals surface area contributed by atoms with Crippen molar-refractivity contribution in [1.82, 2.24) is 20.9 Å². The van der Waals surface area contributed by atoms with E-state index < -0.39 is 23.8 Å². The first-order valence-electron chi connectivity index (χ1n) is 10.2. The standard InChI is InChI=1S/C21H26N4O4/c1-22-13-5-3-6-14(10-13)23-11-12-4-2-7-15-18(12)21(29)25(20(15)28)16-8-9-17(26)24-19(16)27/h2,4,7,13-14,16,22-23H,3,5-6,8-11H2,1H3,(H,24,26,27). The molecule has 1 aromatic carbocycles. The van der Waals surface area contributed by atoms with E-state index in [4.69, 9.17) is 0 Å². The summed E-state index contributed by atoms with van der Waals surface area (Å²) < 4.78 is 0. The molecule has 0 radical (unpaired) electrons. The van der Waals surface area contributed by atoms with Crippen LogP contribution in [0.15, 0.2) is 18.2 Å². The van der Waals surface area contributed by atoms with Gasteiger partial charge in [0, 0.05) is 25.0 Å². The monoisotopic (exact) mass is 398 g/mol. The van der Waals surface area contributed by atoms with Crippen molar-refractivity contribution >= 4 is 23.6 Å². The summed E-state index contributed by atoms with van der Waals surface area (Å²) in [4.78, 5) is 50.6. The summed E-state index contributed by atoms with van der Waals surface area (Å²) in [5, 5.41) is 9.08. The van der Waals surface area contributed by atoms with Crippen LogP contribution < -0.4 is 16.0 Å². The van der Waals surface area contributed by atoms with E-state index in [2.05, 4.69) is 16.0 Å². The van der Waals surface area contributed by atoms with Crippen LogP contribution in [0.2, 0.25) is 0 Å². The molecular formula is C21H26N4O4. The topological polar surface area (TPSA) is 108 Å². The number of rotatable bonds is 5. The minimum Gasteiger partial charge on any atom is -0.317 e. The molecule has 2 heterocycles. The SMILES string of the molecule is CNC1CCCC(NCc2cccc3c2C(=O)N(C2CCC(=O)NC2=O)C3=O)C1. The smallest absolute Gasteiger partial charge is 0.262 e. The Labute approximate surface area is 169 Å². The van der Waals surface area contributed by atoms with Gasteiger partial charge in [0.2, 0.25) is 11.8 Å². The van der Waals surface area contributed by atoms with E-state index >= 15 is 0 Å². The average Bonchev–Trinajstić information content (AvgIpc) is 2.98. The first kappa shape index (κ1) is 19.7. The normalized spacial score (nSPS) is 27.2. The third-order valence-electron chi connectivity index (χ3n) is 6.22. The van der Waals surface area contributed by atoms with Gasteiger partial charge in [-0.05, 0) is 44.4 Å². The van der Waals surface area contributed by atoms with E-state index in [0.29, 0.717) is 29.8 Å². The van der Waals surface area contributed by atoms with E-state index in [1.165, 1.54) is 6.42 Å². The molecule has 0 bridgehead atoms. The van der Waals surface area contributed by atoms with Crippen LogP contribution in [-0.2, 0) is 16.1 Å². The van der Waals surface area contributed by atoms with E-state index in [-0.39, 0.29) is 18.7 Å². The van der Waals surface area contributed by atoms with E-state index in [1.54, 1.807) is 12.1 Å². The van der Waals surface area contributed by atoms with Crippen LogP contribution >= 0.6 is 0 Å². The van der Waals surface area contributed by atoms with Crippen LogP contribution in [0.5, 0.6) is 0 Å². The van der Waals surface area contributed by atoms with Crippen LogP contribution in [-0.4, -0.2) is 53.7 Å². The molecule has 8 nitrogen and oxygen atoms in total. The van der Waals surface area contributed by atoms with Gasteiger partial charge in [0.25, 0.3) is 11.8 Å². The summed E-state index contributed by atoms with van der Waals surface area (Å²) in [7, 11) is 1.98. The van der Waals surface area contributed by atoms with Gasteiger partial charge in [-0.2, -0.15) is 0 Å². The van der Waals surface area contributed by atoms with Gasteiger partial charge in [0.15, 0.2) is 0 Å². The predicted octanol–water partition coefficient (Wildman–Crippen LogP) is 0.708. The highest BCUT2D eigenvalue weighted by Crippen LogP contribution is 2.30. The second kappa shape index (κ2) is 8.04. The third kappa shape index (κ3) is 3.70. The van der Waals surface area contributed by atoms with Gasteiger partial charge in [-0.1, -0.05) is 18.6 Å². The number of hydrogen-bond acceptors (Lipinski definition) is 6. The minimum atomic E-state index is -0.935. The van der Waals surface area contributed by atoms with Gasteiger partial charge >= 0.3 is 0 Å². The first-order valence-corrected chi connectivity index (χ1v) is 10.2. The zero-order chi connectivity index (χ0) is 20.5. The van der Waals surface area contributed by atoms with Gasteiger partial charge in [-0.15, -0.1) is 0 Å². The highest BCUT2D eigenvalue weighted by Gasteiger charge is 2.45. The largest absolute Gasteiger partial charge is 0.317 e. The summed E-state index contributed by atoms with van der Waals surface area (Å²) >= 11 is 0. The fourth-order valence-electron chi connectivity index (χ4n) is 4.62. The van der Waals surface area contributed by atoms with Gasteiger partial charge in [0.1, 0.15) is 6.04 Å². The van der Waals surface area contributed by atoms with Crippen LogP contribution in [0.25, 0.3) is 0 Å². The maximum Gasteiger partial charge on any atom is 0.262 e. The zero-order valence-corrected chi connectivity index (χ0v) is 16.5. The molecule has 3 unspecified atom stereocenters. The van der Waals surface area contributed by atoms with Crippen LogP contribution in [0.4, 0.5) is 0 Å². The first-order chi connectivity index (χ1) is 14.0. The Bertz CT molecular complexity index is 868. The molecule has 3 aliphatic rings. The molecule has 0 spiro atoms. The van der Waals surface area contributed by atoms with Crippen molar-refractivity contribution in [2.75, 3.05) is 7.05 Å². The predicted molar refractivity (Wildman–Crippen MR) is 105 cm³/mol. The van der Waals surface area contributed by atoms with Gasteiger partial charge in [-0.3, -0.25) is 29.4 Å². The number of nitrogens with zero attached hydrogens (tertiary/aromatic N) is 1. The van der Waals surface area contributed by atoms with Crippen molar-refractivity contribution in [3.8, 4) is 0 Å². The number of hydrogen-bond donors (Lipinski definition) is 3. The number of fused-ring (bicyclic) bond motifs is 1. The fraction of sp³-hybridized carbons (Fsp3) is 0.524. The molecule has 1 saturated carbocycles. The lowest BCUT2D eigenvalue weighted by atomic mass is 9.91. The quantitative estimate of drug-likeness (QED) is 0.631. The van der Waals surface area contributed by atoms with Crippen LogP contribution in [0.1, 0.15) is 64.8 Å². The summed E-state index contributed by atoms with van der Waals surface area (Å²) in [6, 6.07) is 5.16. The Kier molecular flexibility index (Phi) is 5.47. The second-order valence-electron chi connectivity index (χ2n) is 8.02. The lowest BCUT2D eigenvalue weighted by molar-refractivity contribution is -0.136. The maximum atomic E-state index is 13.1. The molecule has 4 amide bonds. The molecule has 1 aliphatic carbocycles. The molecule has 8 heteroatoms. The Morgan fingerprint density at radius 1 is 1.07 bits per heavy atom. The molecule has 3 N–H and O–H groups in total. The summed E-state index contributed by atoms with van der Waals surface area (Å²) in [5.74, 6) is -1.88. The molecule has 2 fully saturated rings. The Balaban J connectivity index is 1.52. The molecule has 0 aromatic heterocycles. The molecule has 1 saturated heterocycles. The number of imide groups is 2. The molecule has 154 valence electrons. The molecule has 4 rings (SSSR count). The van der Waals surface area contributed by atoms with E-state index in [9.17, 15) is 19.2 Å². The third-order valence-corrected chi connectivity index (χ3v) is 6.22. The fourth-order valence-corrected chi connectivity index (χ4v) is 4.62. The molecule has 29 heavy (non-hydrogen) atoms. The van der Waals surface area contributed by atoms with E-state index in [1.807, 2.05) is 13.1 Å². The number of amides is 4. The molecule has 1 aromatic rings. The number of carbonyl (C=O) groups is 4. The van der Waals surface area contributed by atoms with Gasteiger partial charge in [-0.25, -0.2) is 0 Å². The summed E-state index contributed by atoms with van der Waals surface area (Å²) in [6.07, 6.45) is 4.72. The summed E-state index contributed by atoms with van der Waals surface area (Å²) in [5.41, 5.74) is 1.47. The van der Waals surface area contributed by atoms with Crippen molar-refractivity contribution in [2.45, 2.75) is 63.2 Å². The maximum absolute atomic E-state index is 13.1. The zero-order valence-electron chi connectivity index (χ0n) is 16.5. The van der Waals surface area contributed by atoms with Crippen molar-refractivity contribution in [3.63, 3.8) is 0 Å². The highest BCUT2D eigenvalue weighted by molar-refractivity contribution is 6.24. The van der Waals surface area contributed by atoms with Crippen molar-refractivity contribution in [2.24, 2.45) is 0 Å². The number of nitrogens with one attached hydrogen (secondary N) is 3. The second-order valence-corrected chi connectivity index (χ2v) is 8.02. The van der Waals surface area contributed by atoms with Crippen molar-refractivity contribution in [3.05, 3.63) is 34.9 Å². The Morgan fingerprint density at radius 3 is 2.62 bits per heavy atom. The minimum absolute atomic E-state index is 0.118. The number of piperidine rings is 1. The lowest BCUT2D eigenvalue weighted by Gasteiger charge is -2.30. The summed E-state index contributed by atoms with van der Waals surface area (Å²) in [6.45, 7) is 0.493. The van der Waals surface area contributed by atoms with Crippen LogP contribution in [0, 0.1) is 0 Å². The average molecular weight is 398 g/mol. The molecule has 3 atom stereocenters. The lowest BCUT2D eigenvalue weighted by Crippen LogP contribution is -2.54. The molecular weight excluding hydrogens is 372 g/mol. The van der Waals surface area contributed by atoms with Gasteiger partial charge < -0.3 is 10.6 Å². The number of carbonyl (C=O) groups excluding carboxylic acids is 4.